The van der Waals surface area contributed by atoms with Crippen molar-refractivity contribution < 1.29 is 4.74 Å². The highest BCUT2D eigenvalue weighted by molar-refractivity contribution is 14.1. The molecule has 0 heterocycles. The molecule has 0 aliphatic carbocycles. The Bertz CT molecular complexity index is 320. The van der Waals surface area contributed by atoms with Gasteiger partial charge in [-0.1, -0.05) is 13.0 Å². The van der Waals surface area contributed by atoms with Gasteiger partial charge in [0.1, 0.15) is 5.75 Å². The minimum Gasteiger partial charge on any atom is -0.494 e. The first kappa shape index (κ1) is 11.6. The van der Waals surface area contributed by atoms with Gasteiger partial charge in [-0.3, -0.25) is 0 Å². The molecule has 1 atom stereocenters. The lowest BCUT2D eigenvalue weighted by atomic mass is 10.0. The fourth-order valence-electron chi connectivity index (χ4n) is 1.25. The Balaban J connectivity index is 3.01. The normalized spacial score (nSPS) is 12.2. The van der Waals surface area contributed by atoms with E-state index in [1.807, 2.05) is 19.1 Å². The Hall–Kier alpha value is -0.510. The van der Waals surface area contributed by atoms with E-state index in [4.69, 9.17) is 4.74 Å². The molecular formula is C12H15IO. The standard InChI is InChI=1S/C12H15IO/c1-4-9(3)11-8-10(14-5-2)6-7-12(11)13/h4,6-9H,1,5H2,2-3H3. The maximum Gasteiger partial charge on any atom is 0.119 e. The summed E-state index contributed by atoms with van der Waals surface area (Å²) in [7, 11) is 0. The van der Waals surface area contributed by atoms with Gasteiger partial charge in [0.2, 0.25) is 0 Å². The molecule has 0 saturated heterocycles. The van der Waals surface area contributed by atoms with Gasteiger partial charge in [-0.05, 0) is 59.2 Å². The number of allylic oxidation sites excluding steroid dienone is 1. The molecule has 0 fully saturated rings. The Morgan fingerprint density at radius 2 is 2.29 bits per heavy atom. The van der Waals surface area contributed by atoms with Gasteiger partial charge in [0.05, 0.1) is 6.61 Å². The Morgan fingerprint density at radius 3 is 2.86 bits per heavy atom. The molecule has 1 unspecified atom stereocenters. The fourth-order valence-corrected chi connectivity index (χ4v) is 2.08. The summed E-state index contributed by atoms with van der Waals surface area (Å²) in [4.78, 5) is 0. The average Bonchev–Trinajstić information content (AvgIpc) is 2.20. The highest BCUT2D eigenvalue weighted by Gasteiger charge is 2.07. The quantitative estimate of drug-likeness (QED) is 0.604. The van der Waals surface area contributed by atoms with Crippen LogP contribution in [0.5, 0.6) is 5.75 Å². The third-order valence-corrected chi connectivity index (χ3v) is 3.10. The topological polar surface area (TPSA) is 9.23 Å². The van der Waals surface area contributed by atoms with Crippen LogP contribution in [-0.4, -0.2) is 6.61 Å². The Morgan fingerprint density at radius 1 is 1.57 bits per heavy atom. The maximum absolute atomic E-state index is 5.46. The van der Waals surface area contributed by atoms with Crippen LogP contribution >= 0.6 is 22.6 Å². The van der Waals surface area contributed by atoms with Crippen molar-refractivity contribution >= 4 is 22.6 Å². The zero-order chi connectivity index (χ0) is 10.6. The highest BCUT2D eigenvalue weighted by Crippen LogP contribution is 2.26. The number of hydrogen-bond donors (Lipinski definition) is 0. The second-order valence-electron chi connectivity index (χ2n) is 3.14. The molecule has 0 aliphatic rings. The zero-order valence-electron chi connectivity index (χ0n) is 8.59. The second-order valence-corrected chi connectivity index (χ2v) is 4.30. The van der Waals surface area contributed by atoms with Gasteiger partial charge in [0, 0.05) is 3.57 Å². The van der Waals surface area contributed by atoms with Crippen LogP contribution in [0.4, 0.5) is 0 Å². The molecule has 0 amide bonds. The summed E-state index contributed by atoms with van der Waals surface area (Å²) in [5.41, 5.74) is 1.28. The molecule has 1 aromatic rings. The molecule has 0 bridgehead atoms. The average molecular weight is 302 g/mol. The van der Waals surface area contributed by atoms with Crippen LogP contribution in [0.15, 0.2) is 30.9 Å². The largest absolute Gasteiger partial charge is 0.494 e. The van der Waals surface area contributed by atoms with Crippen molar-refractivity contribution in [2.24, 2.45) is 0 Å². The third kappa shape index (κ3) is 2.74. The minimum atomic E-state index is 0.377. The van der Waals surface area contributed by atoms with Gasteiger partial charge < -0.3 is 4.74 Å². The molecule has 0 aliphatic heterocycles. The van der Waals surface area contributed by atoms with E-state index in [9.17, 15) is 0 Å². The summed E-state index contributed by atoms with van der Waals surface area (Å²) in [5, 5.41) is 0. The number of benzene rings is 1. The van der Waals surface area contributed by atoms with Crippen LogP contribution in [0, 0.1) is 3.57 Å². The molecule has 14 heavy (non-hydrogen) atoms. The van der Waals surface area contributed by atoms with Gasteiger partial charge in [0.15, 0.2) is 0 Å². The molecule has 0 spiro atoms. The van der Waals surface area contributed by atoms with Crippen molar-refractivity contribution in [2.45, 2.75) is 19.8 Å². The van der Waals surface area contributed by atoms with Crippen LogP contribution in [0.3, 0.4) is 0 Å². The molecule has 1 aromatic carbocycles. The summed E-state index contributed by atoms with van der Waals surface area (Å²) >= 11 is 2.34. The van der Waals surface area contributed by atoms with Gasteiger partial charge in [-0.2, -0.15) is 0 Å². The molecule has 0 radical (unpaired) electrons. The van der Waals surface area contributed by atoms with E-state index in [1.54, 1.807) is 0 Å². The summed E-state index contributed by atoms with van der Waals surface area (Å²) in [6, 6.07) is 6.18. The molecule has 0 N–H and O–H groups in total. The first-order chi connectivity index (χ1) is 6.69. The van der Waals surface area contributed by atoms with E-state index in [2.05, 4.69) is 48.2 Å². The number of halogens is 1. The van der Waals surface area contributed by atoms with E-state index >= 15 is 0 Å². The molecule has 0 aromatic heterocycles. The number of rotatable bonds is 4. The lowest BCUT2D eigenvalue weighted by Crippen LogP contribution is -1.96. The first-order valence-electron chi connectivity index (χ1n) is 4.73. The molecule has 76 valence electrons. The van der Waals surface area contributed by atoms with Crippen LogP contribution in [0.1, 0.15) is 25.3 Å². The van der Waals surface area contributed by atoms with E-state index < -0.39 is 0 Å². The smallest absolute Gasteiger partial charge is 0.119 e. The van der Waals surface area contributed by atoms with Gasteiger partial charge in [-0.25, -0.2) is 0 Å². The molecule has 0 saturated carbocycles. The van der Waals surface area contributed by atoms with E-state index in [0.29, 0.717) is 12.5 Å². The summed E-state index contributed by atoms with van der Waals surface area (Å²) in [6.45, 7) is 8.65. The third-order valence-electron chi connectivity index (χ3n) is 2.12. The zero-order valence-corrected chi connectivity index (χ0v) is 10.7. The van der Waals surface area contributed by atoms with E-state index in [0.717, 1.165) is 5.75 Å². The molecular weight excluding hydrogens is 287 g/mol. The predicted octanol–water partition coefficient (Wildman–Crippen LogP) is 3.98. The highest BCUT2D eigenvalue weighted by atomic mass is 127. The molecule has 2 heteroatoms. The summed E-state index contributed by atoms with van der Waals surface area (Å²) in [5.74, 6) is 1.32. The van der Waals surface area contributed by atoms with Crippen molar-refractivity contribution in [3.05, 3.63) is 40.0 Å². The summed E-state index contributed by atoms with van der Waals surface area (Å²) < 4.78 is 6.72. The van der Waals surface area contributed by atoms with Crippen molar-refractivity contribution in [3.8, 4) is 5.75 Å². The van der Waals surface area contributed by atoms with E-state index in [-0.39, 0.29) is 0 Å². The van der Waals surface area contributed by atoms with Crippen molar-refractivity contribution in [1.82, 2.24) is 0 Å². The van der Waals surface area contributed by atoms with E-state index in [1.165, 1.54) is 9.13 Å². The fraction of sp³-hybridized carbons (Fsp3) is 0.333. The lowest BCUT2D eigenvalue weighted by molar-refractivity contribution is 0.339. The summed E-state index contributed by atoms with van der Waals surface area (Å²) in [6.07, 6.45) is 1.95. The van der Waals surface area contributed by atoms with Crippen LogP contribution in [0.2, 0.25) is 0 Å². The van der Waals surface area contributed by atoms with Crippen molar-refractivity contribution in [3.63, 3.8) is 0 Å². The number of ether oxygens (including phenoxy) is 1. The Labute approximate surface area is 99.3 Å². The van der Waals surface area contributed by atoms with Gasteiger partial charge in [-0.15, -0.1) is 6.58 Å². The molecule has 1 rings (SSSR count). The SMILES string of the molecule is C=CC(C)c1cc(OCC)ccc1I. The van der Waals surface area contributed by atoms with Crippen LogP contribution in [-0.2, 0) is 0 Å². The van der Waals surface area contributed by atoms with Crippen molar-refractivity contribution in [2.75, 3.05) is 6.61 Å². The second kappa shape index (κ2) is 5.39. The maximum atomic E-state index is 5.46. The monoisotopic (exact) mass is 302 g/mol. The molecule has 1 nitrogen and oxygen atoms in total. The first-order valence-corrected chi connectivity index (χ1v) is 5.81. The van der Waals surface area contributed by atoms with Gasteiger partial charge in [0.25, 0.3) is 0 Å². The van der Waals surface area contributed by atoms with Crippen LogP contribution in [0.25, 0.3) is 0 Å². The predicted molar refractivity (Wildman–Crippen MR) is 68.9 cm³/mol. The lowest BCUT2D eigenvalue weighted by Gasteiger charge is -2.11. The van der Waals surface area contributed by atoms with Gasteiger partial charge >= 0.3 is 0 Å². The van der Waals surface area contributed by atoms with Crippen LogP contribution < -0.4 is 4.74 Å². The number of hydrogen-bond acceptors (Lipinski definition) is 1. The minimum absolute atomic E-state index is 0.377. The Kier molecular flexibility index (Phi) is 4.45. The van der Waals surface area contributed by atoms with Crippen molar-refractivity contribution in [1.29, 1.82) is 0 Å².